The van der Waals surface area contributed by atoms with Crippen LogP contribution in [0.2, 0.25) is 0 Å². The van der Waals surface area contributed by atoms with E-state index in [2.05, 4.69) is 0 Å². The van der Waals surface area contributed by atoms with Crippen LogP contribution in [-0.2, 0) is 25.0 Å². The zero-order valence-electron chi connectivity index (χ0n) is 13.7. The van der Waals surface area contributed by atoms with Gasteiger partial charge in [0.2, 0.25) is 0 Å². The summed E-state index contributed by atoms with van der Waals surface area (Å²) in [4.78, 5) is 12.7. The van der Waals surface area contributed by atoms with Crippen LogP contribution in [0.3, 0.4) is 0 Å². The fourth-order valence-electron chi connectivity index (χ4n) is 2.91. The van der Waals surface area contributed by atoms with Gasteiger partial charge in [-0.15, -0.1) is 0 Å². The number of fused-ring (bicyclic) bond motifs is 1. The van der Waals surface area contributed by atoms with Crippen LogP contribution in [0.1, 0.15) is 15.9 Å². The fraction of sp³-hybridized carbons (Fsp3) is 0.316. The smallest absolute Gasteiger partial charge is 0.338 e. The maximum Gasteiger partial charge on any atom is 0.338 e. The van der Waals surface area contributed by atoms with E-state index in [1.165, 1.54) is 0 Å². The van der Waals surface area contributed by atoms with Crippen LogP contribution in [0.15, 0.2) is 59.5 Å². The summed E-state index contributed by atoms with van der Waals surface area (Å²) < 4.78 is 29.4. The molecule has 0 radical (unpaired) electrons. The first kappa shape index (κ1) is 16.4. The van der Waals surface area contributed by atoms with Crippen molar-refractivity contribution in [3.63, 3.8) is 0 Å². The fourth-order valence-corrected chi connectivity index (χ4v) is 4.29. The summed E-state index contributed by atoms with van der Waals surface area (Å²) in [5.74, 6) is -0.399. The Hall–Kier alpha value is -2.02. The zero-order valence-corrected chi connectivity index (χ0v) is 14.5. The number of hydrogen-bond acceptors (Lipinski definition) is 5. The summed E-state index contributed by atoms with van der Waals surface area (Å²) in [5, 5.41) is 0. The Labute approximate surface area is 148 Å². The molecule has 0 saturated carbocycles. The molecule has 4 rings (SSSR count). The van der Waals surface area contributed by atoms with Crippen LogP contribution >= 0.6 is 0 Å². The highest BCUT2D eigenvalue weighted by molar-refractivity contribution is 7.85. The molecule has 2 aliphatic heterocycles. The van der Waals surface area contributed by atoms with Gasteiger partial charge in [0.25, 0.3) is 0 Å². The molecule has 2 aliphatic rings. The number of esters is 1. The van der Waals surface area contributed by atoms with E-state index in [-0.39, 0.29) is 24.9 Å². The average Bonchev–Trinajstić information content (AvgIpc) is 3.36. The Morgan fingerprint density at radius 2 is 1.76 bits per heavy atom. The SMILES string of the molecule is Cc1ccc(S(=O)[C@H]2O[C@H](COC(=O)c3ccccc3)[C@@H]3O[C@@H]32)cc1. The Balaban J connectivity index is 1.36. The molecule has 0 N–H and O–H groups in total. The van der Waals surface area contributed by atoms with E-state index in [0.29, 0.717) is 10.5 Å². The molecule has 5 nitrogen and oxygen atoms in total. The van der Waals surface area contributed by atoms with Crippen molar-refractivity contribution >= 4 is 16.8 Å². The highest BCUT2D eigenvalue weighted by atomic mass is 32.2. The molecule has 1 unspecified atom stereocenters. The van der Waals surface area contributed by atoms with Gasteiger partial charge in [-0.1, -0.05) is 35.9 Å². The molecule has 5 atom stereocenters. The number of carbonyl (C=O) groups excluding carboxylic acids is 1. The van der Waals surface area contributed by atoms with Gasteiger partial charge in [-0.25, -0.2) is 4.79 Å². The zero-order chi connectivity index (χ0) is 17.4. The van der Waals surface area contributed by atoms with Gasteiger partial charge in [-0.05, 0) is 31.2 Å². The Morgan fingerprint density at radius 3 is 2.48 bits per heavy atom. The van der Waals surface area contributed by atoms with Crippen molar-refractivity contribution in [1.82, 2.24) is 0 Å². The Kier molecular flexibility index (Phi) is 4.41. The van der Waals surface area contributed by atoms with Gasteiger partial charge in [0, 0.05) is 4.90 Å². The van der Waals surface area contributed by atoms with Crippen molar-refractivity contribution in [3.05, 3.63) is 65.7 Å². The first-order valence-corrected chi connectivity index (χ1v) is 9.35. The van der Waals surface area contributed by atoms with Crippen molar-refractivity contribution in [2.24, 2.45) is 0 Å². The minimum Gasteiger partial charge on any atom is -0.459 e. The minimum atomic E-state index is -1.31. The van der Waals surface area contributed by atoms with E-state index in [1.807, 2.05) is 37.3 Å². The molecule has 2 fully saturated rings. The molecule has 2 saturated heterocycles. The van der Waals surface area contributed by atoms with Crippen molar-refractivity contribution in [2.45, 2.75) is 35.6 Å². The van der Waals surface area contributed by atoms with Crippen LogP contribution in [0, 0.1) is 6.92 Å². The van der Waals surface area contributed by atoms with E-state index < -0.39 is 22.2 Å². The summed E-state index contributed by atoms with van der Waals surface area (Å²) in [6, 6.07) is 16.3. The monoisotopic (exact) mass is 358 g/mol. The number of carbonyl (C=O) groups is 1. The maximum absolute atomic E-state index is 12.7. The van der Waals surface area contributed by atoms with Gasteiger partial charge < -0.3 is 14.2 Å². The van der Waals surface area contributed by atoms with Gasteiger partial charge in [0.05, 0.1) is 16.4 Å². The maximum atomic E-state index is 12.7. The Bertz CT molecular complexity index is 789. The molecule has 2 aromatic carbocycles. The van der Waals surface area contributed by atoms with E-state index >= 15 is 0 Å². The molecule has 2 aromatic rings. The number of rotatable bonds is 5. The minimum absolute atomic E-state index is 0.0937. The van der Waals surface area contributed by atoms with Crippen LogP contribution < -0.4 is 0 Å². The first-order valence-electron chi connectivity index (χ1n) is 8.14. The van der Waals surface area contributed by atoms with E-state index in [4.69, 9.17) is 14.2 Å². The summed E-state index contributed by atoms with van der Waals surface area (Å²) in [6.07, 6.45) is -0.720. The molecule has 0 spiro atoms. The summed E-state index contributed by atoms with van der Waals surface area (Å²) in [7, 11) is -1.31. The predicted octanol–water partition coefficient (Wildman–Crippen LogP) is 2.45. The normalized spacial score (nSPS) is 28.2. The summed E-state index contributed by atoms with van der Waals surface area (Å²) >= 11 is 0. The second-order valence-electron chi connectivity index (χ2n) is 6.18. The van der Waals surface area contributed by atoms with E-state index in [1.54, 1.807) is 24.3 Å². The molecule has 6 heteroatoms. The number of ether oxygens (including phenoxy) is 3. The van der Waals surface area contributed by atoms with Crippen molar-refractivity contribution < 1.29 is 23.2 Å². The lowest BCUT2D eigenvalue weighted by atomic mass is 10.2. The summed E-state index contributed by atoms with van der Waals surface area (Å²) in [5.41, 5.74) is 1.08. The number of benzene rings is 2. The van der Waals surface area contributed by atoms with Gasteiger partial charge in [0.1, 0.15) is 24.9 Å². The van der Waals surface area contributed by atoms with Crippen LogP contribution in [0.5, 0.6) is 0 Å². The molecular weight excluding hydrogens is 340 g/mol. The molecule has 2 heterocycles. The van der Waals surface area contributed by atoms with Gasteiger partial charge in [0.15, 0.2) is 5.44 Å². The lowest BCUT2D eigenvalue weighted by molar-refractivity contribution is -0.0304. The number of epoxide rings is 1. The lowest BCUT2D eigenvalue weighted by Crippen LogP contribution is -2.28. The van der Waals surface area contributed by atoms with Crippen molar-refractivity contribution in [3.8, 4) is 0 Å². The molecule has 25 heavy (non-hydrogen) atoms. The number of aryl methyl sites for hydroxylation is 1. The average molecular weight is 358 g/mol. The second-order valence-corrected chi connectivity index (χ2v) is 7.71. The van der Waals surface area contributed by atoms with Crippen LogP contribution in [0.4, 0.5) is 0 Å². The quantitative estimate of drug-likeness (QED) is 0.607. The number of hydrogen-bond donors (Lipinski definition) is 0. The van der Waals surface area contributed by atoms with Gasteiger partial charge in [-0.2, -0.15) is 0 Å². The Morgan fingerprint density at radius 1 is 1.04 bits per heavy atom. The van der Waals surface area contributed by atoms with Gasteiger partial charge >= 0.3 is 5.97 Å². The first-order chi connectivity index (χ1) is 12.1. The van der Waals surface area contributed by atoms with Crippen LogP contribution in [-0.4, -0.2) is 40.5 Å². The molecule has 0 amide bonds. The standard InChI is InChI=1S/C19H18O5S/c1-12-7-9-14(10-8-12)25(21)19-17-16(24-17)15(23-19)11-22-18(20)13-5-3-2-4-6-13/h2-10,15-17,19H,11H2,1H3/t15-,16+,17+,19-,25?/m1/s1. The van der Waals surface area contributed by atoms with Crippen molar-refractivity contribution in [2.75, 3.05) is 6.61 Å². The highest BCUT2D eigenvalue weighted by Crippen LogP contribution is 2.42. The van der Waals surface area contributed by atoms with E-state index in [9.17, 15) is 9.00 Å². The van der Waals surface area contributed by atoms with Gasteiger partial charge in [-0.3, -0.25) is 4.21 Å². The van der Waals surface area contributed by atoms with Crippen LogP contribution in [0.25, 0.3) is 0 Å². The lowest BCUT2D eigenvalue weighted by Gasteiger charge is -2.17. The predicted molar refractivity (Wildman–Crippen MR) is 91.6 cm³/mol. The second kappa shape index (κ2) is 6.71. The molecule has 0 aromatic heterocycles. The molecule has 0 aliphatic carbocycles. The van der Waals surface area contributed by atoms with E-state index in [0.717, 1.165) is 5.56 Å². The third-order valence-corrected chi connectivity index (χ3v) is 5.90. The third kappa shape index (κ3) is 3.38. The highest BCUT2D eigenvalue weighted by Gasteiger charge is 2.60. The summed E-state index contributed by atoms with van der Waals surface area (Å²) in [6.45, 7) is 2.08. The topological polar surface area (TPSA) is 65.1 Å². The molecule has 130 valence electrons. The largest absolute Gasteiger partial charge is 0.459 e. The third-order valence-electron chi connectivity index (χ3n) is 4.36. The molecular formula is C19H18O5S. The van der Waals surface area contributed by atoms with Crippen molar-refractivity contribution in [1.29, 1.82) is 0 Å². The molecule has 0 bridgehead atoms.